The van der Waals surface area contributed by atoms with Gasteiger partial charge in [0.05, 0.1) is 16.2 Å². The van der Waals surface area contributed by atoms with Crippen LogP contribution in [-0.4, -0.2) is 38.1 Å². The molecule has 2 aromatic rings. The lowest BCUT2D eigenvalue weighted by molar-refractivity contribution is 0.0947. The molecule has 0 saturated carbocycles. The monoisotopic (exact) mass is 414 g/mol. The van der Waals surface area contributed by atoms with E-state index in [9.17, 15) is 13.2 Å². The lowest BCUT2D eigenvalue weighted by Crippen LogP contribution is -2.34. The molecule has 1 saturated heterocycles. The Hall–Kier alpha value is -2.18. The second-order valence-corrected chi connectivity index (χ2v) is 10.1. The second kappa shape index (κ2) is 9.55. The first-order chi connectivity index (χ1) is 13.9. The van der Waals surface area contributed by atoms with Crippen molar-refractivity contribution >= 4 is 15.7 Å². The molecule has 0 aliphatic carbocycles. The van der Waals surface area contributed by atoms with Crippen LogP contribution < -0.4 is 5.32 Å². The van der Waals surface area contributed by atoms with E-state index in [4.69, 9.17) is 0 Å². The van der Waals surface area contributed by atoms with Crippen LogP contribution in [0.5, 0.6) is 0 Å². The van der Waals surface area contributed by atoms with Gasteiger partial charge in [-0.2, -0.15) is 0 Å². The lowest BCUT2D eigenvalue weighted by Gasteiger charge is -2.31. The number of amides is 1. The summed E-state index contributed by atoms with van der Waals surface area (Å²) in [7, 11) is -3.46. The van der Waals surface area contributed by atoms with Crippen molar-refractivity contribution in [2.75, 3.05) is 18.8 Å². The van der Waals surface area contributed by atoms with E-state index in [-0.39, 0.29) is 22.1 Å². The summed E-state index contributed by atoms with van der Waals surface area (Å²) in [5.41, 5.74) is 2.47. The molecule has 29 heavy (non-hydrogen) atoms. The highest BCUT2D eigenvalue weighted by Gasteiger charge is 2.21. The quantitative estimate of drug-likeness (QED) is 0.751. The number of nitrogens with one attached hydrogen (secondary N) is 1. The van der Waals surface area contributed by atoms with Gasteiger partial charge < -0.3 is 5.32 Å². The zero-order valence-corrected chi connectivity index (χ0v) is 18.0. The third-order valence-corrected chi connectivity index (χ3v) is 7.33. The van der Waals surface area contributed by atoms with Gasteiger partial charge in [-0.1, -0.05) is 50.2 Å². The summed E-state index contributed by atoms with van der Waals surface area (Å²) in [6, 6.07) is 14.5. The van der Waals surface area contributed by atoms with Gasteiger partial charge >= 0.3 is 0 Å². The van der Waals surface area contributed by atoms with Crippen LogP contribution in [0.4, 0.5) is 0 Å². The van der Waals surface area contributed by atoms with Gasteiger partial charge in [0.25, 0.3) is 5.91 Å². The summed E-state index contributed by atoms with van der Waals surface area (Å²) < 4.78 is 24.6. The number of rotatable bonds is 7. The molecule has 1 N–H and O–H groups in total. The molecule has 6 heteroatoms. The Bertz CT molecular complexity index is 956. The minimum absolute atomic E-state index is 0.0333. The number of sulfone groups is 1. The fourth-order valence-electron chi connectivity index (χ4n) is 3.91. The van der Waals surface area contributed by atoms with E-state index in [0.717, 1.165) is 25.2 Å². The topological polar surface area (TPSA) is 66.5 Å². The fourth-order valence-corrected chi connectivity index (χ4v) is 5.00. The third-order valence-electron chi connectivity index (χ3n) is 5.54. The van der Waals surface area contributed by atoms with Crippen molar-refractivity contribution in [3.8, 4) is 0 Å². The Morgan fingerprint density at radius 2 is 1.79 bits per heavy atom. The average Bonchev–Trinajstić information content (AvgIpc) is 2.73. The molecule has 0 bridgehead atoms. The van der Waals surface area contributed by atoms with Crippen molar-refractivity contribution < 1.29 is 13.2 Å². The van der Waals surface area contributed by atoms with Crippen molar-refractivity contribution in [1.82, 2.24) is 10.2 Å². The van der Waals surface area contributed by atoms with Crippen molar-refractivity contribution in [2.45, 2.75) is 44.7 Å². The smallest absolute Gasteiger partial charge is 0.252 e. The first kappa shape index (κ1) is 21.5. The Morgan fingerprint density at radius 3 is 2.52 bits per heavy atom. The molecule has 156 valence electrons. The number of hydrogen-bond acceptors (Lipinski definition) is 4. The van der Waals surface area contributed by atoms with Gasteiger partial charge in [0.2, 0.25) is 0 Å². The summed E-state index contributed by atoms with van der Waals surface area (Å²) in [4.78, 5) is 15.3. The number of carbonyl (C=O) groups excluding carboxylic acids is 1. The molecular formula is C23H30N2O3S. The molecule has 0 spiro atoms. The number of carbonyl (C=O) groups is 1. The van der Waals surface area contributed by atoms with Crippen LogP contribution in [0, 0.1) is 5.92 Å². The zero-order chi connectivity index (χ0) is 20.9. The summed E-state index contributed by atoms with van der Waals surface area (Å²) in [6.45, 7) is 7.33. The van der Waals surface area contributed by atoms with Crippen LogP contribution in [0.2, 0.25) is 0 Å². The summed E-state index contributed by atoms with van der Waals surface area (Å²) >= 11 is 0. The molecule has 3 rings (SSSR count). The molecule has 1 amide bonds. The molecule has 5 nitrogen and oxygen atoms in total. The molecule has 1 fully saturated rings. The zero-order valence-electron chi connectivity index (χ0n) is 17.2. The van der Waals surface area contributed by atoms with Gasteiger partial charge in [-0.25, -0.2) is 8.42 Å². The van der Waals surface area contributed by atoms with Crippen LogP contribution in [0.1, 0.15) is 48.2 Å². The minimum atomic E-state index is -3.46. The SMILES string of the molecule is CCS(=O)(=O)c1ccccc1C(=O)NCc1ccccc1CN1CCC[C@@H](C)C1. The molecule has 0 radical (unpaired) electrons. The van der Waals surface area contributed by atoms with Gasteiger partial charge in [-0.3, -0.25) is 9.69 Å². The maximum absolute atomic E-state index is 12.8. The van der Waals surface area contributed by atoms with Crippen LogP contribution in [0.15, 0.2) is 53.4 Å². The van der Waals surface area contributed by atoms with E-state index < -0.39 is 9.84 Å². The van der Waals surface area contributed by atoms with E-state index in [1.165, 1.54) is 24.5 Å². The predicted octanol–water partition coefficient (Wildman–Crippen LogP) is 3.64. The number of benzene rings is 2. The van der Waals surface area contributed by atoms with Crippen molar-refractivity contribution in [3.05, 3.63) is 65.2 Å². The van der Waals surface area contributed by atoms with Crippen molar-refractivity contribution in [1.29, 1.82) is 0 Å². The van der Waals surface area contributed by atoms with Crippen LogP contribution in [0.3, 0.4) is 0 Å². The number of nitrogens with zero attached hydrogens (tertiary/aromatic N) is 1. The van der Waals surface area contributed by atoms with E-state index >= 15 is 0 Å². The Morgan fingerprint density at radius 1 is 1.10 bits per heavy atom. The van der Waals surface area contributed by atoms with Crippen molar-refractivity contribution in [2.24, 2.45) is 5.92 Å². The Labute approximate surface area is 174 Å². The first-order valence-corrected chi connectivity index (χ1v) is 11.9. The van der Waals surface area contributed by atoms with E-state index in [0.29, 0.717) is 12.5 Å². The normalized spacial score (nSPS) is 17.8. The maximum atomic E-state index is 12.8. The predicted molar refractivity (Wildman–Crippen MR) is 115 cm³/mol. The molecule has 1 aliphatic heterocycles. The second-order valence-electron chi connectivity index (χ2n) is 7.83. The van der Waals surface area contributed by atoms with Crippen molar-refractivity contribution in [3.63, 3.8) is 0 Å². The van der Waals surface area contributed by atoms with Gasteiger partial charge in [-0.05, 0) is 48.6 Å². The van der Waals surface area contributed by atoms with Gasteiger partial charge in [0.1, 0.15) is 0 Å². The highest BCUT2D eigenvalue weighted by Crippen LogP contribution is 2.20. The largest absolute Gasteiger partial charge is 0.348 e. The maximum Gasteiger partial charge on any atom is 0.252 e. The fraction of sp³-hybridized carbons (Fsp3) is 0.435. The number of likely N-dealkylation sites (tertiary alicyclic amines) is 1. The molecule has 0 unspecified atom stereocenters. The first-order valence-electron chi connectivity index (χ1n) is 10.3. The molecule has 1 heterocycles. The highest BCUT2D eigenvalue weighted by atomic mass is 32.2. The third kappa shape index (κ3) is 5.46. The molecule has 2 aromatic carbocycles. The molecule has 0 aromatic heterocycles. The standard InChI is InChI=1S/C23H30N2O3S/c1-3-29(27,28)22-13-7-6-12-21(22)23(26)24-15-19-10-4-5-11-20(19)17-25-14-8-9-18(2)16-25/h4-7,10-13,18H,3,8-9,14-17H2,1-2H3,(H,24,26)/t18-/m1/s1. The lowest BCUT2D eigenvalue weighted by atomic mass is 9.99. The molecule has 1 aliphatic rings. The highest BCUT2D eigenvalue weighted by molar-refractivity contribution is 7.91. The van der Waals surface area contributed by atoms with Crippen LogP contribution >= 0.6 is 0 Å². The minimum Gasteiger partial charge on any atom is -0.348 e. The number of piperidine rings is 1. The Kier molecular flexibility index (Phi) is 7.09. The average molecular weight is 415 g/mol. The van der Waals surface area contributed by atoms with Crippen LogP contribution in [0.25, 0.3) is 0 Å². The molecular weight excluding hydrogens is 384 g/mol. The van der Waals surface area contributed by atoms with E-state index in [1.807, 2.05) is 18.2 Å². The van der Waals surface area contributed by atoms with E-state index in [2.05, 4.69) is 23.2 Å². The Balaban J connectivity index is 1.72. The summed E-state index contributed by atoms with van der Waals surface area (Å²) in [5, 5.41) is 2.92. The number of hydrogen-bond donors (Lipinski definition) is 1. The summed E-state index contributed by atoms with van der Waals surface area (Å²) in [6.07, 6.45) is 2.51. The molecule has 1 atom stereocenters. The van der Waals surface area contributed by atoms with Crippen LogP contribution in [-0.2, 0) is 22.9 Å². The van der Waals surface area contributed by atoms with Gasteiger partial charge in [-0.15, -0.1) is 0 Å². The van der Waals surface area contributed by atoms with Gasteiger partial charge in [0.15, 0.2) is 9.84 Å². The van der Waals surface area contributed by atoms with E-state index in [1.54, 1.807) is 25.1 Å². The summed E-state index contributed by atoms with van der Waals surface area (Å²) in [5.74, 6) is 0.320. The van der Waals surface area contributed by atoms with Gasteiger partial charge in [0, 0.05) is 19.6 Å².